The molecule has 9 heteroatoms. The van der Waals surface area contributed by atoms with Crippen molar-refractivity contribution in [2.24, 2.45) is 0 Å². The van der Waals surface area contributed by atoms with Crippen LogP contribution in [0.1, 0.15) is 48.8 Å². The molecule has 3 aliphatic carbocycles. The minimum Gasteiger partial charge on any atom is -0.507 e. The van der Waals surface area contributed by atoms with Crippen molar-refractivity contribution < 1.29 is 23.4 Å². The number of alkyl halides is 3. The normalized spacial score (nSPS) is 25.3. The van der Waals surface area contributed by atoms with Crippen LogP contribution in [-0.2, 0) is 11.7 Å². The predicted molar refractivity (Wildman–Crippen MR) is 105 cm³/mol. The van der Waals surface area contributed by atoms with Crippen LogP contribution in [0, 0.1) is 18.3 Å². The Kier molecular flexibility index (Phi) is 3.97. The van der Waals surface area contributed by atoms with E-state index in [1.807, 2.05) is 4.57 Å². The van der Waals surface area contributed by atoms with Gasteiger partial charge in [0.2, 0.25) is 0 Å². The van der Waals surface area contributed by atoms with Crippen LogP contribution in [0.5, 0.6) is 5.75 Å². The summed E-state index contributed by atoms with van der Waals surface area (Å²) in [5.74, 6) is -0.547. The maximum Gasteiger partial charge on any atom is 0.416 e. The standard InChI is InChI=1S/C22H19F3N4O2/c1-12-5-14(22(23,24)25)6-17(30)18(12)16-7-15-13(8-26)9-29(19(15)28-27-16)20-3-2-4-21(31,10-20)11-20/h5-7,9,30-31H,2-4,10-11H2,1H3. The largest absolute Gasteiger partial charge is 0.507 e. The fourth-order valence-electron chi connectivity index (χ4n) is 5.42. The first-order valence-corrected chi connectivity index (χ1v) is 9.98. The zero-order chi connectivity index (χ0) is 22.2. The Morgan fingerprint density at radius 1 is 1.16 bits per heavy atom. The van der Waals surface area contributed by atoms with E-state index in [0.29, 0.717) is 35.5 Å². The Labute approximate surface area is 175 Å². The van der Waals surface area contributed by atoms with Crippen LogP contribution in [0.15, 0.2) is 24.4 Å². The zero-order valence-electron chi connectivity index (χ0n) is 16.7. The molecule has 2 bridgehead atoms. The Balaban J connectivity index is 1.64. The van der Waals surface area contributed by atoms with E-state index in [0.717, 1.165) is 25.3 Å². The Hall–Kier alpha value is -3.12. The van der Waals surface area contributed by atoms with Crippen LogP contribution < -0.4 is 0 Å². The summed E-state index contributed by atoms with van der Waals surface area (Å²) in [6, 6.07) is 5.35. The lowest BCUT2D eigenvalue weighted by molar-refractivity contribution is -0.154. The molecule has 3 aliphatic rings. The van der Waals surface area contributed by atoms with E-state index in [9.17, 15) is 28.6 Å². The number of phenolic OH excluding ortho intramolecular Hbond substituents is 1. The van der Waals surface area contributed by atoms with Crippen LogP contribution in [-0.4, -0.2) is 30.6 Å². The van der Waals surface area contributed by atoms with Crippen molar-refractivity contribution in [2.45, 2.75) is 56.3 Å². The highest BCUT2D eigenvalue weighted by Gasteiger charge is 2.58. The number of aromatic hydroxyl groups is 1. The van der Waals surface area contributed by atoms with Crippen LogP contribution in [0.3, 0.4) is 0 Å². The van der Waals surface area contributed by atoms with Crippen molar-refractivity contribution in [3.05, 3.63) is 41.1 Å². The van der Waals surface area contributed by atoms with Gasteiger partial charge in [-0.2, -0.15) is 18.4 Å². The molecule has 3 aromatic rings. The molecule has 2 aromatic heterocycles. The topological polar surface area (TPSA) is 95.0 Å². The van der Waals surface area contributed by atoms with E-state index in [2.05, 4.69) is 16.3 Å². The SMILES string of the molecule is Cc1cc(C(F)(F)F)cc(O)c1-c1cc2c(C#N)cn(C34CCCC(O)(C3)C4)c2nn1. The second-order valence-electron chi connectivity index (χ2n) is 8.83. The summed E-state index contributed by atoms with van der Waals surface area (Å²) in [5, 5.41) is 39.5. The summed E-state index contributed by atoms with van der Waals surface area (Å²) >= 11 is 0. The molecule has 160 valence electrons. The van der Waals surface area contributed by atoms with Gasteiger partial charge in [-0.3, -0.25) is 0 Å². The lowest BCUT2D eigenvalue weighted by Gasteiger charge is -2.58. The number of aliphatic hydroxyl groups is 1. The summed E-state index contributed by atoms with van der Waals surface area (Å²) in [7, 11) is 0. The first-order chi connectivity index (χ1) is 14.6. The maximum absolute atomic E-state index is 13.0. The fraction of sp³-hybridized carbons (Fsp3) is 0.409. The number of hydrogen-bond acceptors (Lipinski definition) is 5. The monoisotopic (exact) mass is 428 g/mol. The third-order valence-electron chi connectivity index (χ3n) is 6.68. The molecule has 0 aliphatic heterocycles. The number of nitrogens with zero attached hydrogens (tertiary/aromatic N) is 4. The molecule has 31 heavy (non-hydrogen) atoms. The van der Waals surface area contributed by atoms with Gasteiger partial charge in [-0.25, -0.2) is 0 Å². The van der Waals surface area contributed by atoms with Gasteiger partial charge < -0.3 is 14.8 Å². The van der Waals surface area contributed by atoms with Crippen LogP contribution >= 0.6 is 0 Å². The van der Waals surface area contributed by atoms with Gasteiger partial charge in [0.1, 0.15) is 11.8 Å². The number of fused-ring (bicyclic) bond motifs is 3. The quantitative estimate of drug-likeness (QED) is 0.631. The first-order valence-electron chi connectivity index (χ1n) is 9.98. The highest BCUT2D eigenvalue weighted by Crippen LogP contribution is 2.57. The van der Waals surface area contributed by atoms with Crippen molar-refractivity contribution in [3.8, 4) is 23.1 Å². The number of phenols is 1. The average molecular weight is 428 g/mol. The van der Waals surface area contributed by atoms with Crippen LogP contribution in [0.25, 0.3) is 22.3 Å². The average Bonchev–Trinajstić information content (AvgIpc) is 3.04. The molecular formula is C22H19F3N4O2. The van der Waals surface area contributed by atoms with Gasteiger partial charge in [-0.05, 0) is 62.8 Å². The lowest BCUT2D eigenvalue weighted by Crippen LogP contribution is -2.60. The number of nitriles is 1. The van der Waals surface area contributed by atoms with E-state index >= 15 is 0 Å². The fourth-order valence-corrected chi connectivity index (χ4v) is 5.42. The van der Waals surface area contributed by atoms with Crippen molar-refractivity contribution >= 4 is 11.0 Å². The molecule has 0 unspecified atom stereocenters. The summed E-state index contributed by atoms with van der Waals surface area (Å²) in [5.41, 5.74) is -0.517. The summed E-state index contributed by atoms with van der Waals surface area (Å²) in [4.78, 5) is 0. The molecule has 0 saturated heterocycles. The number of benzene rings is 1. The summed E-state index contributed by atoms with van der Waals surface area (Å²) in [6.07, 6.45) is 0.836. The third kappa shape index (κ3) is 2.89. The molecule has 1 aromatic carbocycles. The van der Waals surface area contributed by atoms with E-state index in [-0.39, 0.29) is 22.4 Å². The number of aryl methyl sites for hydroxylation is 1. The molecule has 6 rings (SSSR count). The number of rotatable bonds is 2. The molecular weight excluding hydrogens is 409 g/mol. The number of aromatic nitrogens is 3. The molecule has 0 atom stereocenters. The van der Waals surface area contributed by atoms with Gasteiger partial charge in [0.25, 0.3) is 0 Å². The van der Waals surface area contributed by atoms with Crippen LogP contribution in [0.4, 0.5) is 13.2 Å². The number of hydrogen-bond donors (Lipinski definition) is 2. The van der Waals surface area contributed by atoms with Gasteiger partial charge in [0.05, 0.1) is 28.0 Å². The minimum absolute atomic E-state index is 0.146. The molecule has 6 nitrogen and oxygen atoms in total. The molecule has 2 N–H and O–H groups in total. The zero-order valence-corrected chi connectivity index (χ0v) is 16.7. The van der Waals surface area contributed by atoms with Crippen molar-refractivity contribution in [1.29, 1.82) is 5.26 Å². The highest BCUT2D eigenvalue weighted by molar-refractivity contribution is 5.87. The van der Waals surface area contributed by atoms with Crippen molar-refractivity contribution in [2.75, 3.05) is 0 Å². The molecule has 3 fully saturated rings. The van der Waals surface area contributed by atoms with Crippen LogP contribution in [0.2, 0.25) is 0 Å². The highest BCUT2D eigenvalue weighted by atomic mass is 19.4. The second-order valence-corrected chi connectivity index (χ2v) is 8.83. The molecule has 2 heterocycles. The lowest BCUT2D eigenvalue weighted by atomic mass is 9.56. The number of halogens is 3. The smallest absolute Gasteiger partial charge is 0.416 e. The minimum atomic E-state index is -4.58. The maximum atomic E-state index is 13.0. The van der Waals surface area contributed by atoms with Gasteiger partial charge in [-0.1, -0.05) is 0 Å². The molecule has 3 saturated carbocycles. The van der Waals surface area contributed by atoms with E-state index in [1.54, 1.807) is 12.3 Å². The predicted octanol–water partition coefficient (Wildman–Crippen LogP) is 4.41. The van der Waals surface area contributed by atoms with Gasteiger partial charge >= 0.3 is 6.18 Å². The van der Waals surface area contributed by atoms with E-state index in [1.165, 1.54) is 6.92 Å². The molecule has 0 radical (unpaired) electrons. The third-order valence-corrected chi connectivity index (χ3v) is 6.68. The van der Waals surface area contributed by atoms with E-state index < -0.39 is 23.1 Å². The van der Waals surface area contributed by atoms with Gasteiger partial charge in [0.15, 0.2) is 5.65 Å². The first kappa shape index (κ1) is 19.8. The van der Waals surface area contributed by atoms with E-state index in [4.69, 9.17) is 0 Å². The molecule has 0 spiro atoms. The van der Waals surface area contributed by atoms with Gasteiger partial charge in [-0.15, -0.1) is 10.2 Å². The summed E-state index contributed by atoms with van der Waals surface area (Å²) < 4.78 is 41.0. The van der Waals surface area contributed by atoms with Gasteiger partial charge in [0, 0.05) is 17.1 Å². The Morgan fingerprint density at radius 3 is 2.52 bits per heavy atom. The Morgan fingerprint density at radius 2 is 1.90 bits per heavy atom. The Bertz CT molecular complexity index is 1240. The van der Waals surface area contributed by atoms with Crippen molar-refractivity contribution in [1.82, 2.24) is 14.8 Å². The summed E-state index contributed by atoms with van der Waals surface area (Å²) in [6.45, 7) is 1.46. The van der Waals surface area contributed by atoms with Crippen molar-refractivity contribution in [3.63, 3.8) is 0 Å². The second kappa shape index (κ2) is 6.20. The molecule has 0 amide bonds.